The van der Waals surface area contributed by atoms with Crippen molar-refractivity contribution < 1.29 is 0 Å². The van der Waals surface area contributed by atoms with Crippen LogP contribution in [0, 0.1) is 12.3 Å². The van der Waals surface area contributed by atoms with Crippen LogP contribution in [-0.2, 0) is 19.3 Å². The Morgan fingerprint density at radius 3 is 2.81 bits per heavy atom. The summed E-state index contributed by atoms with van der Waals surface area (Å²) in [5.41, 5.74) is 6.04. The van der Waals surface area contributed by atoms with E-state index in [4.69, 9.17) is 0 Å². The Morgan fingerprint density at radius 1 is 1.31 bits per heavy atom. The number of benzene rings is 1. The number of rotatable bonds is 3. The lowest BCUT2D eigenvalue weighted by molar-refractivity contribution is 0.635. The van der Waals surface area contributed by atoms with Gasteiger partial charge in [-0.15, -0.1) is 0 Å². The van der Waals surface area contributed by atoms with Crippen LogP contribution in [0.4, 0.5) is 0 Å². The van der Waals surface area contributed by atoms with Crippen molar-refractivity contribution >= 4 is 0 Å². The van der Waals surface area contributed by atoms with E-state index >= 15 is 0 Å². The lowest BCUT2D eigenvalue weighted by atomic mass is 9.84. The van der Waals surface area contributed by atoms with E-state index in [1.807, 2.05) is 0 Å². The maximum absolute atomic E-state index is 3.55. The van der Waals surface area contributed by atoms with Crippen LogP contribution >= 0.6 is 0 Å². The van der Waals surface area contributed by atoms with Gasteiger partial charge in [0.05, 0.1) is 0 Å². The van der Waals surface area contributed by atoms with Crippen LogP contribution < -0.4 is 0 Å². The third kappa shape index (κ3) is 2.48. The van der Waals surface area contributed by atoms with Gasteiger partial charge in [-0.25, -0.2) is 0 Å². The SMILES string of the molecule is CCc1cc2c(c(CC(C)C)c1)CCC[C]2. The number of fused-ring (bicyclic) bond motifs is 1. The molecule has 0 fully saturated rings. The molecule has 0 unspecified atom stereocenters. The standard InChI is InChI=1S/C16H22/c1-4-13-10-14-7-5-6-8-16(14)15(11-13)9-12(2)3/h10-12H,4-6,8-9H2,1-3H3. The average molecular weight is 214 g/mol. The molecule has 2 radical (unpaired) electrons. The van der Waals surface area contributed by atoms with Gasteiger partial charge in [-0.3, -0.25) is 0 Å². The highest BCUT2D eigenvalue weighted by atomic mass is 14.2. The Morgan fingerprint density at radius 2 is 2.12 bits per heavy atom. The van der Waals surface area contributed by atoms with Crippen LogP contribution in [0.25, 0.3) is 0 Å². The zero-order valence-corrected chi connectivity index (χ0v) is 10.8. The Kier molecular flexibility index (Phi) is 3.68. The highest BCUT2D eigenvalue weighted by molar-refractivity contribution is 5.44. The van der Waals surface area contributed by atoms with Crippen LogP contribution in [0.3, 0.4) is 0 Å². The van der Waals surface area contributed by atoms with E-state index < -0.39 is 0 Å². The number of hydrogen-bond donors (Lipinski definition) is 0. The summed E-state index contributed by atoms with van der Waals surface area (Å²) in [7, 11) is 0. The fraction of sp³-hybridized carbons (Fsp3) is 0.562. The molecule has 86 valence electrons. The van der Waals surface area contributed by atoms with Crippen molar-refractivity contribution in [3.8, 4) is 0 Å². The van der Waals surface area contributed by atoms with Crippen LogP contribution in [0.2, 0.25) is 0 Å². The molecule has 0 bridgehead atoms. The maximum Gasteiger partial charge on any atom is 0.0168 e. The molecule has 1 aliphatic rings. The van der Waals surface area contributed by atoms with E-state index in [1.54, 1.807) is 11.1 Å². The molecule has 0 atom stereocenters. The quantitative estimate of drug-likeness (QED) is 0.707. The summed E-state index contributed by atoms with van der Waals surface area (Å²) in [6.07, 6.45) is 9.59. The second-order valence-corrected chi connectivity index (χ2v) is 5.26. The van der Waals surface area contributed by atoms with Crippen molar-refractivity contribution in [2.24, 2.45) is 5.92 Å². The fourth-order valence-electron chi connectivity index (χ4n) is 2.57. The van der Waals surface area contributed by atoms with Crippen LogP contribution in [0.5, 0.6) is 0 Å². The summed E-state index contributed by atoms with van der Waals surface area (Å²) >= 11 is 0. The van der Waals surface area contributed by atoms with Gasteiger partial charge in [0.1, 0.15) is 0 Å². The van der Waals surface area contributed by atoms with Gasteiger partial charge in [0.25, 0.3) is 0 Å². The molecule has 16 heavy (non-hydrogen) atoms. The lowest BCUT2D eigenvalue weighted by Gasteiger charge is -2.21. The van der Waals surface area contributed by atoms with Gasteiger partial charge in [-0.1, -0.05) is 32.9 Å². The van der Waals surface area contributed by atoms with Crippen LogP contribution in [0.1, 0.15) is 55.9 Å². The fourth-order valence-corrected chi connectivity index (χ4v) is 2.57. The second kappa shape index (κ2) is 5.03. The first-order valence-corrected chi connectivity index (χ1v) is 6.59. The first-order chi connectivity index (χ1) is 7.70. The Bertz CT molecular complexity index is 361. The largest absolute Gasteiger partial charge is 0.0625 e. The van der Waals surface area contributed by atoms with Crippen molar-refractivity contribution in [1.82, 2.24) is 0 Å². The molecular weight excluding hydrogens is 192 g/mol. The van der Waals surface area contributed by atoms with Crippen LogP contribution in [0.15, 0.2) is 12.1 Å². The summed E-state index contributed by atoms with van der Waals surface area (Å²) in [4.78, 5) is 0. The molecule has 0 aliphatic heterocycles. The summed E-state index contributed by atoms with van der Waals surface area (Å²) in [5.74, 6) is 0.748. The highest BCUT2D eigenvalue weighted by Gasteiger charge is 2.15. The molecule has 0 aromatic heterocycles. The van der Waals surface area contributed by atoms with Gasteiger partial charge in [0.2, 0.25) is 0 Å². The normalized spacial score (nSPS) is 15.2. The van der Waals surface area contributed by atoms with E-state index in [2.05, 4.69) is 39.3 Å². The minimum Gasteiger partial charge on any atom is -0.0625 e. The zero-order valence-electron chi connectivity index (χ0n) is 10.8. The smallest absolute Gasteiger partial charge is 0.0168 e. The number of hydrogen-bond acceptors (Lipinski definition) is 0. The van der Waals surface area contributed by atoms with Gasteiger partial charge in [-0.05, 0) is 60.3 Å². The van der Waals surface area contributed by atoms with Crippen molar-refractivity contribution in [3.63, 3.8) is 0 Å². The topological polar surface area (TPSA) is 0 Å². The maximum atomic E-state index is 3.55. The molecule has 0 spiro atoms. The van der Waals surface area contributed by atoms with E-state index in [0.717, 1.165) is 18.8 Å². The van der Waals surface area contributed by atoms with Gasteiger partial charge in [0.15, 0.2) is 0 Å². The molecule has 0 N–H and O–H groups in total. The Hall–Kier alpha value is -0.780. The molecule has 0 nitrogen and oxygen atoms in total. The van der Waals surface area contributed by atoms with E-state index in [1.165, 1.54) is 30.4 Å². The molecule has 1 aromatic carbocycles. The molecule has 1 aliphatic carbocycles. The van der Waals surface area contributed by atoms with Crippen molar-refractivity contribution in [2.75, 3.05) is 0 Å². The van der Waals surface area contributed by atoms with Gasteiger partial charge in [0, 0.05) is 6.42 Å². The molecule has 0 saturated heterocycles. The molecule has 1 aromatic rings. The zero-order chi connectivity index (χ0) is 11.5. The highest BCUT2D eigenvalue weighted by Crippen LogP contribution is 2.29. The summed E-state index contributed by atoms with van der Waals surface area (Å²) in [6, 6.07) is 4.77. The van der Waals surface area contributed by atoms with Gasteiger partial charge in [-0.2, -0.15) is 0 Å². The molecule has 0 heterocycles. The summed E-state index contributed by atoms with van der Waals surface area (Å²) in [6.45, 7) is 6.85. The monoisotopic (exact) mass is 214 g/mol. The predicted molar refractivity (Wildman–Crippen MR) is 69.6 cm³/mol. The van der Waals surface area contributed by atoms with Crippen LogP contribution in [-0.4, -0.2) is 0 Å². The summed E-state index contributed by atoms with van der Waals surface area (Å²) < 4.78 is 0. The number of aryl methyl sites for hydroxylation is 1. The first-order valence-electron chi connectivity index (χ1n) is 6.59. The first kappa shape index (κ1) is 11.7. The predicted octanol–water partition coefficient (Wildman–Crippen LogP) is 4.21. The Labute approximate surface area is 100 Å². The van der Waals surface area contributed by atoms with Crippen molar-refractivity contribution in [2.45, 2.75) is 52.9 Å². The van der Waals surface area contributed by atoms with E-state index in [9.17, 15) is 0 Å². The third-order valence-electron chi connectivity index (χ3n) is 3.36. The second-order valence-electron chi connectivity index (χ2n) is 5.26. The summed E-state index contributed by atoms with van der Waals surface area (Å²) in [5, 5.41) is 0. The minimum atomic E-state index is 0.748. The lowest BCUT2D eigenvalue weighted by Crippen LogP contribution is -2.08. The van der Waals surface area contributed by atoms with E-state index in [-0.39, 0.29) is 0 Å². The minimum absolute atomic E-state index is 0.748. The molecule has 0 amide bonds. The van der Waals surface area contributed by atoms with Crippen molar-refractivity contribution in [1.29, 1.82) is 0 Å². The van der Waals surface area contributed by atoms with E-state index in [0.29, 0.717) is 0 Å². The van der Waals surface area contributed by atoms with Gasteiger partial charge >= 0.3 is 0 Å². The molecule has 0 saturated carbocycles. The van der Waals surface area contributed by atoms with Crippen molar-refractivity contribution in [3.05, 3.63) is 40.8 Å². The Balaban J connectivity index is 2.39. The molecular formula is C16H22. The third-order valence-corrected chi connectivity index (χ3v) is 3.36. The molecule has 2 rings (SSSR count). The molecule has 0 heteroatoms. The van der Waals surface area contributed by atoms with Gasteiger partial charge < -0.3 is 0 Å². The average Bonchev–Trinajstić information content (AvgIpc) is 2.28.